The van der Waals surface area contributed by atoms with Crippen molar-refractivity contribution in [3.63, 3.8) is 0 Å². The largest absolute Gasteiger partial charge is 0.481 e. The van der Waals surface area contributed by atoms with E-state index in [0.717, 1.165) is 5.69 Å². The highest BCUT2D eigenvalue weighted by molar-refractivity contribution is 5.97. The molecule has 3 heterocycles. The molecule has 4 rings (SSSR count). The van der Waals surface area contributed by atoms with Crippen LogP contribution in [0.25, 0.3) is 0 Å². The van der Waals surface area contributed by atoms with E-state index in [0.29, 0.717) is 31.3 Å². The number of hydrogen-bond acceptors (Lipinski definition) is 9. The lowest BCUT2D eigenvalue weighted by Gasteiger charge is -2.31. The second-order valence-electron chi connectivity index (χ2n) is 7.86. The molecular formula is C20H23N7O6. The molecule has 174 valence electrons. The van der Waals surface area contributed by atoms with Gasteiger partial charge in [0.05, 0.1) is 12.7 Å². The molecule has 0 saturated carbocycles. The van der Waals surface area contributed by atoms with Gasteiger partial charge in [-0.05, 0) is 24.6 Å². The van der Waals surface area contributed by atoms with Gasteiger partial charge in [0.15, 0.2) is 5.82 Å². The number of carbonyl (C=O) groups is 3. The van der Waals surface area contributed by atoms with Gasteiger partial charge in [0, 0.05) is 30.8 Å². The van der Waals surface area contributed by atoms with Gasteiger partial charge in [0.25, 0.3) is 11.5 Å². The van der Waals surface area contributed by atoms with E-state index in [1.54, 1.807) is 18.2 Å². The number of H-pyrrole nitrogens is 1. The van der Waals surface area contributed by atoms with Crippen molar-refractivity contribution in [1.82, 2.24) is 15.3 Å². The summed E-state index contributed by atoms with van der Waals surface area (Å²) in [6.45, 7) is 1.52. The summed E-state index contributed by atoms with van der Waals surface area (Å²) in [5.41, 5.74) is 6.65. The first-order chi connectivity index (χ1) is 15.7. The van der Waals surface area contributed by atoms with Crippen molar-refractivity contribution in [2.24, 2.45) is 0 Å². The third-order valence-corrected chi connectivity index (χ3v) is 5.62. The number of carboxylic acid groups (broad SMARTS) is 2. The maximum atomic E-state index is 12.6. The van der Waals surface area contributed by atoms with E-state index in [1.165, 1.54) is 0 Å². The van der Waals surface area contributed by atoms with Crippen LogP contribution in [0.2, 0.25) is 0 Å². The zero-order valence-corrected chi connectivity index (χ0v) is 17.4. The number of amides is 1. The van der Waals surface area contributed by atoms with E-state index in [1.807, 2.05) is 15.9 Å². The summed E-state index contributed by atoms with van der Waals surface area (Å²) >= 11 is 0. The Bertz CT molecular complexity index is 1170. The van der Waals surface area contributed by atoms with Crippen LogP contribution >= 0.6 is 0 Å². The Morgan fingerprint density at radius 2 is 2.09 bits per heavy atom. The fourth-order valence-electron chi connectivity index (χ4n) is 4.02. The van der Waals surface area contributed by atoms with Crippen molar-refractivity contribution in [2.45, 2.75) is 24.9 Å². The number of nitrogens with one attached hydrogen (secondary N) is 3. The smallest absolute Gasteiger partial charge is 0.326 e. The molecule has 1 saturated heterocycles. The van der Waals surface area contributed by atoms with Gasteiger partial charge in [0.2, 0.25) is 5.95 Å². The number of nitrogens with zero attached hydrogens (tertiary/aromatic N) is 3. The topological polar surface area (TPSA) is 194 Å². The van der Waals surface area contributed by atoms with Gasteiger partial charge in [-0.2, -0.15) is 4.98 Å². The molecule has 33 heavy (non-hydrogen) atoms. The molecule has 0 aliphatic carbocycles. The molecule has 0 spiro atoms. The first-order valence-electron chi connectivity index (χ1n) is 10.2. The lowest BCUT2D eigenvalue weighted by Crippen LogP contribution is -2.44. The molecule has 1 amide bonds. The van der Waals surface area contributed by atoms with Gasteiger partial charge >= 0.3 is 11.9 Å². The van der Waals surface area contributed by atoms with Gasteiger partial charge in [-0.15, -0.1) is 0 Å². The number of nitrogens with two attached hydrogens (primary N) is 1. The van der Waals surface area contributed by atoms with Crippen LogP contribution in [0.5, 0.6) is 0 Å². The van der Waals surface area contributed by atoms with Crippen molar-refractivity contribution >= 4 is 41.0 Å². The average Bonchev–Trinajstić information content (AvgIpc) is 3.20. The number of fused-ring (bicyclic) bond motifs is 3. The first kappa shape index (κ1) is 21.9. The Labute approximate surface area is 187 Å². The highest BCUT2D eigenvalue weighted by atomic mass is 16.4. The van der Waals surface area contributed by atoms with Crippen LogP contribution in [0.15, 0.2) is 29.1 Å². The summed E-state index contributed by atoms with van der Waals surface area (Å²) in [7, 11) is 0. The third kappa shape index (κ3) is 4.51. The van der Waals surface area contributed by atoms with Gasteiger partial charge in [-0.1, -0.05) is 6.07 Å². The number of benzene rings is 1. The molecule has 13 heteroatoms. The molecule has 0 radical (unpaired) electrons. The molecule has 1 unspecified atom stereocenters. The van der Waals surface area contributed by atoms with Crippen molar-refractivity contribution in [3.8, 4) is 0 Å². The number of aromatic nitrogens is 2. The van der Waals surface area contributed by atoms with Gasteiger partial charge in [-0.3, -0.25) is 19.4 Å². The summed E-state index contributed by atoms with van der Waals surface area (Å²) in [4.78, 5) is 57.8. The number of nitrogen functional groups attached to an aromatic ring is 1. The number of aromatic amines is 1. The molecule has 1 aromatic carbocycles. The average molecular weight is 457 g/mol. The number of anilines is 4. The summed E-state index contributed by atoms with van der Waals surface area (Å²) in [6, 6.07) is 5.35. The van der Waals surface area contributed by atoms with Crippen LogP contribution in [-0.4, -0.2) is 69.9 Å². The van der Waals surface area contributed by atoms with Gasteiger partial charge in [-0.25, -0.2) is 4.79 Å². The van der Waals surface area contributed by atoms with Crippen molar-refractivity contribution in [2.75, 3.05) is 40.6 Å². The quantitative estimate of drug-likeness (QED) is 0.313. The third-order valence-electron chi connectivity index (χ3n) is 5.62. The Morgan fingerprint density at radius 3 is 2.82 bits per heavy atom. The van der Waals surface area contributed by atoms with Crippen molar-refractivity contribution in [1.29, 1.82) is 0 Å². The summed E-state index contributed by atoms with van der Waals surface area (Å²) in [6.07, 6.45) is -0.601. The summed E-state index contributed by atoms with van der Waals surface area (Å²) in [5, 5.41) is 23.6. The zero-order chi connectivity index (χ0) is 23.7. The van der Waals surface area contributed by atoms with Crippen LogP contribution in [0.1, 0.15) is 23.2 Å². The molecule has 2 aromatic rings. The molecule has 7 N–H and O–H groups in total. The Balaban J connectivity index is 1.50. The lowest BCUT2D eigenvalue weighted by molar-refractivity contribution is -0.140. The van der Waals surface area contributed by atoms with Crippen LogP contribution in [-0.2, 0) is 9.59 Å². The highest BCUT2D eigenvalue weighted by Crippen LogP contribution is 2.32. The standard InChI is InChI=1S/C20H23N7O6/c21-20-24-16-15(18(31)25-20)27-9-26(8-12(27)7-22-16)11-3-1-2-10(6-11)17(30)23-13(19(32)33)4-5-14(28)29/h1-3,6,12-13H,4-5,7-9H2,(H,23,30)(H,28,29)(H,32,33)(H4,21,22,24,25,31)/t12-,13?/m1/s1. The van der Waals surface area contributed by atoms with Crippen molar-refractivity contribution in [3.05, 3.63) is 40.2 Å². The Morgan fingerprint density at radius 1 is 1.30 bits per heavy atom. The molecule has 2 aliphatic heterocycles. The predicted molar refractivity (Wildman–Crippen MR) is 118 cm³/mol. The second kappa shape index (κ2) is 8.68. The Hall–Kier alpha value is -4.29. The second-order valence-corrected chi connectivity index (χ2v) is 7.86. The summed E-state index contributed by atoms with van der Waals surface area (Å²) in [5.74, 6) is -2.61. The fraction of sp³-hybridized carbons (Fsp3) is 0.350. The van der Waals surface area contributed by atoms with Gasteiger partial charge in [0.1, 0.15) is 11.7 Å². The molecule has 0 bridgehead atoms. The predicted octanol–water partition coefficient (Wildman–Crippen LogP) is -0.522. The minimum atomic E-state index is -1.31. The molecule has 1 aromatic heterocycles. The molecule has 2 aliphatic rings. The lowest BCUT2D eigenvalue weighted by atomic mass is 10.1. The molecule has 13 nitrogen and oxygen atoms in total. The monoisotopic (exact) mass is 457 g/mol. The van der Waals surface area contributed by atoms with Crippen LogP contribution in [0.3, 0.4) is 0 Å². The molecule has 2 atom stereocenters. The van der Waals surface area contributed by atoms with Crippen LogP contribution in [0.4, 0.5) is 23.1 Å². The normalized spacial score (nSPS) is 17.5. The van der Waals surface area contributed by atoms with E-state index in [2.05, 4.69) is 20.6 Å². The maximum Gasteiger partial charge on any atom is 0.326 e. The minimum Gasteiger partial charge on any atom is -0.481 e. The molecule has 1 fully saturated rings. The molecular weight excluding hydrogens is 434 g/mol. The van der Waals surface area contributed by atoms with Gasteiger partial charge < -0.3 is 36.4 Å². The SMILES string of the molecule is Nc1nc2c(c(=O)[nH]1)N1CN(c3cccc(C(=O)NC(CCC(=O)O)C(=O)O)c3)C[C@H]1CN2. The van der Waals surface area contributed by atoms with Crippen LogP contribution < -0.4 is 31.7 Å². The number of carboxylic acids is 2. The number of hydrogen-bond donors (Lipinski definition) is 6. The van der Waals surface area contributed by atoms with E-state index in [4.69, 9.17) is 10.8 Å². The first-order valence-corrected chi connectivity index (χ1v) is 10.2. The van der Waals surface area contributed by atoms with Crippen LogP contribution in [0, 0.1) is 0 Å². The number of aliphatic carboxylic acids is 2. The highest BCUT2D eigenvalue weighted by Gasteiger charge is 2.37. The van der Waals surface area contributed by atoms with Crippen molar-refractivity contribution < 1.29 is 24.6 Å². The van der Waals surface area contributed by atoms with E-state index < -0.39 is 23.9 Å². The maximum absolute atomic E-state index is 12.6. The fourth-order valence-corrected chi connectivity index (χ4v) is 4.02. The Kier molecular flexibility index (Phi) is 5.77. The van der Waals surface area contributed by atoms with E-state index in [-0.39, 0.29) is 36.0 Å². The van der Waals surface area contributed by atoms with E-state index >= 15 is 0 Å². The summed E-state index contributed by atoms with van der Waals surface area (Å²) < 4.78 is 0. The minimum absolute atomic E-state index is 0.00563. The van der Waals surface area contributed by atoms with E-state index in [9.17, 15) is 24.3 Å². The number of rotatable bonds is 7. The zero-order valence-electron chi connectivity index (χ0n) is 17.4. The number of carbonyl (C=O) groups excluding carboxylic acids is 1.